The molecule has 0 unspecified atom stereocenters. The summed E-state index contributed by atoms with van der Waals surface area (Å²) in [4.78, 5) is 35.8. The molecule has 3 rings (SSSR count). The van der Waals surface area contributed by atoms with E-state index in [0.29, 0.717) is 5.76 Å². The molecule has 0 spiro atoms. The van der Waals surface area contributed by atoms with Crippen LogP contribution in [0.5, 0.6) is 0 Å². The molecular formula is C18H14ClN3O4. The number of amides is 2. The van der Waals surface area contributed by atoms with Crippen LogP contribution < -0.4 is 16.4 Å². The number of hydrogen-bond donors (Lipinski definition) is 2. The summed E-state index contributed by atoms with van der Waals surface area (Å²) in [6.07, 6.45) is 1.62. The quantitative estimate of drug-likeness (QED) is 0.688. The lowest BCUT2D eigenvalue weighted by molar-refractivity contribution is 0.0830. The minimum atomic E-state index is -0.628. The highest BCUT2D eigenvalue weighted by molar-refractivity contribution is 6.33. The van der Waals surface area contributed by atoms with Gasteiger partial charge in [0, 0.05) is 12.3 Å². The second kappa shape index (κ2) is 7.71. The summed E-state index contributed by atoms with van der Waals surface area (Å²) in [5.74, 6) is -0.743. The molecule has 0 saturated carbocycles. The Labute approximate surface area is 153 Å². The van der Waals surface area contributed by atoms with Crippen LogP contribution in [0.3, 0.4) is 0 Å². The zero-order chi connectivity index (χ0) is 18.5. The van der Waals surface area contributed by atoms with Crippen molar-refractivity contribution in [1.82, 2.24) is 15.4 Å². The van der Waals surface area contributed by atoms with E-state index in [1.807, 2.05) is 0 Å². The number of carbonyl (C=O) groups is 2. The van der Waals surface area contributed by atoms with Crippen molar-refractivity contribution >= 4 is 23.4 Å². The summed E-state index contributed by atoms with van der Waals surface area (Å²) in [7, 11) is 0. The minimum Gasteiger partial charge on any atom is -0.454 e. The van der Waals surface area contributed by atoms with E-state index < -0.39 is 11.8 Å². The number of benzene rings is 1. The molecule has 2 aromatic heterocycles. The van der Waals surface area contributed by atoms with Crippen LogP contribution in [0.4, 0.5) is 0 Å². The standard InChI is InChI=1S/C18H14ClN3O4/c19-14-6-2-1-5-13(14)17(24)20-21-18(25)15-9-8-12(26-15)11-22-10-4-3-7-16(22)23/h1-10H,11H2,(H,20,24)(H,21,25). The van der Waals surface area contributed by atoms with Crippen LogP contribution in [0, 0.1) is 0 Å². The van der Waals surface area contributed by atoms with Gasteiger partial charge in [-0.15, -0.1) is 0 Å². The number of hydrogen-bond acceptors (Lipinski definition) is 4. The van der Waals surface area contributed by atoms with Crippen LogP contribution in [-0.4, -0.2) is 16.4 Å². The highest BCUT2D eigenvalue weighted by Crippen LogP contribution is 2.14. The smallest absolute Gasteiger partial charge is 0.305 e. The van der Waals surface area contributed by atoms with E-state index in [9.17, 15) is 14.4 Å². The lowest BCUT2D eigenvalue weighted by Gasteiger charge is -2.07. The van der Waals surface area contributed by atoms with Crippen LogP contribution in [0.25, 0.3) is 0 Å². The highest BCUT2D eigenvalue weighted by Gasteiger charge is 2.14. The Kier molecular flexibility index (Phi) is 5.19. The number of rotatable bonds is 4. The molecule has 7 nitrogen and oxygen atoms in total. The first-order valence-corrected chi connectivity index (χ1v) is 8.02. The van der Waals surface area contributed by atoms with Gasteiger partial charge in [0.15, 0.2) is 5.76 Å². The van der Waals surface area contributed by atoms with Crippen molar-refractivity contribution in [2.75, 3.05) is 0 Å². The topological polar surface area (TPSA) is 93.3 Å². The fourth-order valence-corrected chi connectivity index (χ4v) is 2.45. The number of hydrazine groups is 1. The molecule has 2 amide bonds. The maximum atomic E-state index is 12.1. The molecular weight excluding hydrogens is 358 g/mol. The molecule has 26 heavy (non-hydrogen) atoms. The molecule has 0 aliphatic heterocycles. The van der Waals surface area contributed by atoms with E-state index in [-0.39, 0.29) is 28.5 Å². The molecule has 0 bridgehead atoms. The number of halogens is 1. The molecule has 2 N–H and O–H groups in total. The molecule has 0 aliphatic rings. The van der Waals surface area contributed by atoms with Gasteiger partial charge in [0.25, 0.3) is 11.5 Å². The largest absolute Gasteiger partial charge is 0.454 e. The monoisotopic (exact) mass is 371 g/mol. The Balaban J connectivity index is 1.62. The third kappa shape index (κ3) is 4.01. The third-order valence-electron chi connectivity index (χ3n) is 3.52. The fourth-order valence-electron chi connectivity index (χ4n) is 2.23. The van der Waals surface area contributed by atoms with E-state index >= 15 is 0 Å². The van der Waals surface area contributed by atoms with Gasteiger partial charge in [-0.2, -0.15) is 0 Å². The van der Waals surface area contributed by atoms with Crippen LogP contribution in [0.1, 0.15) is 26.7 Å². The summed E-state index contributed by atoms with van der Waals surface area (Å²) in [6, 6.07) is 14.3. The highest BCUT2D eigenvalue weighted by atomic mass is 35.5. The molecule has 132 valence electrons. The number of aromatic nitrogens is 1. The van der Waals surface area contributed by atoms with Gasteiger partial charge < -0.3 is 8.98 Å². The predicted molar refractivity (Wildman–Crippen MR) is 94.9 cm³/mol. The zero-order valence-electron chi connectivity index (χ0n) is 13.4. The van der Waals surface area contributed by atoms with Crippen molar-refractivity contribution in [2.24, 2.45) is 0 Å². The minimum absolute atomic E-state index is 0.00318. The zero-order valence-corrected chi connectivity index (χ0v) is 14.2. The van der Waals surface area contributed by atoms with E-state index in [4.69, 9.17) is 16.0 Å². The molecule has 0 fully saturated rings. The number of nitrogens with zero attached hydrogens (tertiary/aromatic N) is 1. The normalized spacial score (nSPS) is 10.3. The van der Waals surface area contributed by atoms with Crippen LogP contribution >= 0.6 is 11.6 Å². The van der Waals surface area contributed by atoms with E-state index in [0.717, 1.165) is 0 Å². The van der Waals surface area contributed by atoms with Gasteiger partial charge in [0.2, 0.25) is 0 Å². The summed E-state index contributed by atoms with van der Waals surface area (Å²) < 4.78 is 6.86. The number of pyridine rings is 1. The average molecular weight is 372 g/mol. The summed E-state index contributed by atoms with van der Waals surface area (Å²) in [6.45, 7) is 0.193. The number of nitrogens with one attached hydrogen (secondary N) is 2. The van der Waals surface area contributed by atoms with Gasteiger partial charge in [-0.25, -0.2) is 0 Å². The molecule has 1 aromatic carbocycles. The second-order valence-electron chi connectivity index (χ2n) is 5.32. The van der Waals surface area contributed by atoms with Gasteiger partial charge in [-0.05, 0) is 30.3 Å². The first-order valence-electron chi connectivity index (χ1n) is 7.64. The predicted octanol–water partition coefficient (Wildman–Crippen LogP) is 2.22. The Hall–Kier alpha value is -3.32. The number of carbonyl (C=O) groups excluding carboxylic acids is 2. The van der Waals surface area contributed by atoms with Gasteiger partial charge >= 0.3 is 5.91 Å². The molecule has 0 saturated heterocycles. The molecule has 0 atom stereocenters. The first-order chi connectivity index (χ1) is 12.5. The van der Waals surface area contributed by atoms with Gasteiger partial charge in [0.05, 0.1) is 17.1 Å². The number of furan rings is 1. The van der Waals surface area contributed by atoms with E-state index in [1.54, 1.807) is 42.6 Å². The molecule has 8 heteroatoms. The summed E-state index contributed by atoms with van der Waals surface area (Å²) in [5, 5.41) is 0.271. The van der Waals surface area contributed by atoms with Gasteiger partial charge in [-0.1, -0.05) is 29.8 Å². The Morgan fingerprint density at radius 2 is 1.69 bits per heavy atom. The first kappa shape index (κ1) is 17.5. The summed E-state index contributed by atoms with van der Waals surface area (Å²) in [5.41, 5.74) is 4.58. The molecule has 0 aliphatic carbocycles. The lowest BCUT2D eigenvalue weighted by atomic mass is 10.2. The Morgan fingerprint density at radius 1 is 0.962 bits per heavy atom. The van der Waals surface area contributed by atoms with Crippen molar-refractivity contribution < 1.29 is 14.0 Å². The molecule has 3 aromatic rings. The lowest BCUT2D eigenvalue weighted by Crippen LogP contribution is -2.41. The van der Waals surface area contributed by atoms with Gasteiger partial charge in [0.1, 0.15) is 5.76 Å². The SMILES string of the molecule is O=C(NNC(=O)c1ccccc1Cl)c1ccc(Cn2ccccc2=O)o1. The molecule has 0 radical (unpaired) electrons. The summed E-state index contributed by atoms with van der Waals surface area (Å²) >= 11 is 5.92. The Morgan fingerprint density at radius 3 is 2.46 bits per heavy atom. The Bertz CT molecular complexity index is 1010. The van der Waals surface area contributed by atoms with Crippen LogP contribution in [0.15, 0.2) is 70.0 Å². The fraction of sp³-hybridized carbons (Fsp3) is 0.0556. The average Bonchev–Trinajstić information content (AvgIpc) is 3.10. The van der Waals surface area contributed by atoms with Crippen molar-refractivity contribution in [2.45, 2.75) is 6.54 Å². The maximum Gasteiger partial charge on any atom is 0.305 e. The second-order valence-corrected chi connectivity index (χ2v) is 5.73. The van der Waals surface area contributed by atoms with Crippen molar-refractivity contribution in [3.05, 3.63) is 93.3 Å². The van der Waals surface area contributed by atoms with Crippen molar-refractivity contribution in [3.8, 4) is 0 Å². The molecule has 2 heterocycles. The van der Waals surface area contributed by atoms with Crippen molar-refractivity contribution in [3.63, 3.8) is 0 Å². The van der Waals surface area contributed by atoms with Crippen LogP contribution in [-0.2, 0) is 6.54 Å². The third-order valence-corrected chi connectivity index (χ3v) is 3.85. The van der Waals surface area contributed by atoms with Gasteiger partial charge in [-0.3, -0.25) is 25.2 Å². The van der Waals surface area contributed by atoms with Crippen molar-refractivity contribution in [1.29, 1.82) is 0 Å². The van der Waals surface area contributed by atoms with E-state index in [1.165, 1.54) is 22.8 Å². The van der Waals surface area contributed by atoms with Crippen LogP contribution in [0.2, 0.25) is 5.02 Å². The maximum absolute atomic E-state index is 12.1. The van der Waals surface area contributed by atoms with E-state index in [2.05, 4.69) is 10.9 Å².